The zero-order chi connectivity index (χ0) is 15.4. The molecule has 0 aromatic carbocycles. The Morgan fingerprint density at radius 3 is 2.90 bits per heavy atom. The van der Waals surface area contributed by atoms with Gasteiger partial charge in [0, 0.05) is 28.9 Å². The predicted octanol–water partition coefficient (Wildman–Crippen LogP) is 3.37. The summed E-state index contributed by atoms with van der Waals surface area (Å²) in [6, 6.07) is 2.37. The number of piperidine rings is 1. The van der Waals surface area contributed by atoms with Crippen molar-refractivity contribution in [1.82, 2.24) is 10.2 Å². The number of aliphatic hydroxyl groups is 1. The maximum Gasteiger partial charge on any atom is 0.318 e. The van der Waals surface area contributed by atoms with E-state index in [1.165, 1.54) is 15.3 Å². The highest BCUT2D eigenvalue weighted by Crippen LogP contribution is 2.27. The Labute approximate surface area is 131 Å². The van der Waals surface area contributed by atoms with Gasteiger partial charge in [-0.2, -0.15) is 0 Å². The van der Waals surface area contributed by atoms with Crippen LogP contribution in [0, 0.1) is 13.8 Å². The fourth-order valence-electron chi connectivity index (χ4n) is 3.14. The van der Waals surface area contributed by atoms with Gasteiger partial charge in [0.25, 0.3) is 0 Å². The van der Waals surface area contributed by atoms with Crippen molar-refractivity contribution in [3.63, 3.8) is 0 Å². The molecule has 2 rings (SSSR count). The fourth-order valence-corrected chi connectivity index (χ4v) is 4.17. The van der Waals surface area contributed by atoms with E-state index in [2.05, 4.69) is 25.2 Å². The monoisotopic (exact) mass is 310 g/mol. The van der Waals surface area contributed by atoms with E-state index in [9.17, 15) is 4.79 Å². The number of carbonyl (C=O) groups excluding carboxylic acids is 1. The molecule has 2 amide bonds. The summed E-state index contributed by atoms with van der Waals surface area (Å²) < 4.78 is 0. The highest BCUT2D eigenvalue weighted by Gasteiger charge is 2.27. The van der Waals surface area contributed by atoms with Crippen molar-refractivity contribution in [2.45, 2.75) is 58.5 Å². The lowest BCUT2D eigenvalue weighted by atomic mass is 10.00. The average molecular weight is 310 g/mol. The number of hydrogen-bond donors (Lipinski definition) is 2. The summed E-state index contributed by atoms with van der Waals surface area (Å²) in [7, 11) is 0. The zero-order valence-corrected chi connectivity index (χ0v) is 14.0. The number of aliphatic hydroxyl groups excluding tert-OH is 1. The van der Waals surface area contributed by atoms with Crippen LogP contribution in [0.2, 0.25) is 0 Å². The largest absolute Gasteiger partial charge is 0.396 e. The number of likely N-dealkylation sites (tertiary alicyclic amines) is 1. The van der Waals surface area contributed by atoms with Crippen molar-refractivity contribution in [3.05, 3.63) is 21.4 Å². The quantitative estimate of drug-likeness (QED) is 0.896. The second-order valence-corrected chi connectivity index (χ2v) is 7.36. The van der Waals surface area contributed by atoms with Gasteiger partial charge >= 0.3 is 6.03 Å². The highest BCUT2D eigenvalue weighted by molar-refractivity contribution is 7.12. The van der Waals surface area contributed by atoms with Gasteiger partial charge < -0.3 is 15.3 Å². The van der Waals surface area contributed by atoms with Crippen molar-refractivity contribution in [2.75, 3.05) is 13.2 Å². The molecule has 0 radical (unpaired) electrons. The first kappa shape index (κ1) is 16.3. The Morgan fingerprint density at radius 1 is 1.52 bits per heavy atom. The summed E-state index contributed by atoms with van der Waals surface area (Å²) in [5.41, 5.74) is 1.21. The first-order chi connectivity index (χ1) is 10.0. The van der Waals surface area contributed by atoms with E-state index in [0.29, 0.717) is 6.42 Å². The molecule has 0 saturated carbocycles. The molecular formula is C16H26N2O2S. The molecule has 5 heteroatoms. The van der Waals surface area contributed by atoms with Crippen molar-refractivity contribution >= 4 is 17.4 Å². The van der Waals surface area contributed by atoms with Gasteiger partial charge in [0.05, 0.1) is 6.04 Å². The Balaban J connectivity index is 2.00. The summed E-state index contributed by atoms with van der Waals surface area (Å²) in [6.45, 7) is 7.18. The molecule has 1 aromatic heterocycles. The Bertz CT molecular complexity index is 485. The van der Waals surface area contributed by atoms with Crippen LogP contribution in [0.1, 0.15) is 54.0 Å². The van der Waals surface area contributed by atoms with Crippen LogP contribution in [-0.4, -0.2) is 35.2 Å². The van der Waals surface area contributed by atoms with E-state index in [1.54, 1.807) is 11.3 Å². The molecule has 1 aromatic rings. The second kappa shape index (κ2) is 7.27. The molecule has 4 nitrogen and oxygen atoms in total. The minimum atomic E-state index is 0.00361. The summed E-state index contributed by atoms with van der Waals surface area (Å²) in [5, 5.41) is 12.3. The lowest BCUT2D eigenvalue weighted by Crippen LogP contribution is -2.49. The second-order valence-electron chi connectivity index (χ2n) is 5.90. The number of urea groups is 1. The van der Waals surface area contributed by atoms with Gasteiger partial charge in [-0.3, -0.25) is 0 Å². The molecule has 1 fully saturated rings. The third kappa shape index (κ3) is 3.98. The van der Waals surface area contributed by atoms with E-state index in [4.69, 9.17) is 5.11 Å². The van der Waals surface area contributed by atoms with E-state index >= 15 is 0 Å². The Morgan fingerprint density at radius 2 is 2.29 bits per heavy atom. The topological polar surface area (TPSA) is 52.6 Å². The molecule has 0 bridgehead atoms. The Kier molecular flexibility index (Phi) is 5.65. The minimum absolute atomic E-state index is 0.00361. The normalized spacial score (nSPS) is 20.4. The van der Waals surface area contributed by atoms with Gasteiger partial charge in [-0.15, -0.1) is 11.3 Å². The van der Waals surface area contributed by atoms with Crippen LogP contribution >= 0.6 is 11.3 Å². The number of nitrogens with zero attached hydrogens (tertiary/aromatic N) is 1. The molecule has 1 saturated heterocycles. The molecule has 1 aliphatic heterocycles. The maximum atomic E-state index is 12.5. The van der Waals surface area contributed by atoms with Crippen LogP contribution in [0.15, 0.2) is 6.07 Å². The molecule has 2 heterocycles. The SMILES string of the molecule is Cc1cc([C@H](C)NC(=O)N2CCCC[C@H]2CCO)c(C)s1. The molecule has 2 N–H and O–H groups in total. The zero-order valence-electron chi connectivity index (χ0n) is 13.2. The lowest BCUT2D eigenvalue weighted by molar-refractivity contribution is 0.130. The van der Waals surface area contributed by atoms with E-state index in [0.717, 1.165) is 25.8 Å². The first-order valence-electron chi connectivity index (χ1n) is 7.78. The fraction of sp³-hybridized carbons (Fsp3) is 0.688. The highest BCUT2D eigenvalue weighted by atomic mass is 32.1. The molecule has 0 aliphatic carbocycles. The molecule has 1 aliphatic rings. The number of amides is 2. The number of aryl methyl sites for hydroxylation is 2. The van der Waals surface area contributed by atoms with Crippen LogP contribution in [0.3, 0.4) is 0 Å². The molecule has 21 heavy (non-hydrogen) atoms. The number of nitrogens with one attached hydrogen (secondary N) is 1. The van der Waals surface area contributed by atoms with Crippen molar-refractivity contribution in [3.8, 4) is 0 Å². The first-order valence-corrected chi connectivity index (χ1v) is 8.59. The number of thiophene rings is 1. The van der Waals surface area contributed by atoms with E-state index in [1.807, 2.05) is 11.8 Å². The Hall–Kier alpha value is -1.07. The average Bonchev–Trinajstić information content (AvgIpc) is 2.78. The van der Waals surface area contributed by atoms with Crippen LogP contribution in [0.4, 0.5) is 4.79 Å². The van der Waals surface area contributed by atoms with Gasteiger partial charge in [-0.25, -0.2) is 4.79 Å². The standard InChI is InChI=1S/C16H26N2O2S/c1-11-10-15(13(3)21-11)12(2)17-16(20)18-8-5-4-6-14(18)7-9-19/h10,12,14,19H,4-9H2,1-3H3,(H,17,20)/t12-,14-/m0/s1. The van der Waals surface area contributed by atoms with Crippen LogP contribution in [0.25, 0.3) is 0 Å². The lowest BCUT2D eigenvalue weighted by Gasteiger charge is -2.36. The van der Waals surface area contributed by atoms with Crippen molar-refractivity contribution < 1.29 is 9.90 Å². The van der Waals surface area contributed by atoms with Crippen molar-refractivity contribution in [1.29, 1.82) is 0 Å². The summed E-state index contributed by atoms with van der Waals surface area (Å²) in [4.78, 5) is 17.0. The van der Waals surface area contributed by atoms with Crippen molar-refractivity contribution in [2.24, 2.45) is 0 Å². The minimum Gasteiger partial charge on any atom is -0.396 e. The summed E-state index contributed by atoms with van der Waals surface area (Å²) >= 11 is 1.77. The third-order valence-electron chi connectivity index (χ3n) is 4.24. The molecule has 118 valence electrons. The van der Waals surface area contributed by atoms with Gasteiger partial charge in [0.1, 0.15) is 0 Å². The summed E-state index contributed by atoms with van der Waals surface area (Å²) in [6.07, 6.45) is 3.88. The number of hydrogen-bond acceptors (Lipinski definition) is 3. The van der Waals surface area contributed by atoms with Gasteiger partial charge in [0.15, 0.2) is 0 Å². The number of carbonyl (C=O) groups is 1. The number of rotatable bonds is 4. The molecule has 0 unspecified atom stereocenters. The van der Waals surface area contributed by atoms with Gasteiger partial charge in [0.2, 0.25) is 0 Å². The molecular weight excluding hydrogens is 284 g/mol. The maximum absolute atomic E-state index is 12.5. The van der Waals surface area contributed by atoms with E-state index < -0.39 is 0 Å². The summed E-state index contributed by atoms with van der Waals surface area (Å²) in [5.74, 6) is 0. The third-order valence-corrected chi connectivity index (χ3v) is 5.22. The van der Waals surface area contributed by atoms with Crippen LogP contribution in [-0.2, 0) is 0 Å². The van der Waals surface area contributed by atoms with Gasteiger partial charge in [-0.05, 0) is 58.1 Å². The molecule has 2 atom stereocenters. The smallest absolute Gasteiger partial charge is 0.318 e. The van der Waals surface area contributed by atoms with Crippen LogP contribution in [0.5, 0.6) is 0 Å². The van der Waals surface area contributed by atoms with Gasteiger partial charge in [-0.1, -0.05) is 0 Å². The van der Waals surface area contributed by atoms with E-state index in [-0.39, 0.29) is 24.7 Å². The van der Waals surface area contributed by atoms with Crippen LogP contribution < -0.4 is 5.32 Å². The molecule has 0 spiro atoms. The predicted molar refractivity (Wildman–Crippen MR) is 86.8 cm³/mol.